The predicted octanol–water partition coefficient (Wildman–Crippen LogP) is 1.55. The number of nitrogens with zero attached hydrogens (tertiary/aromatic N) is 2. The minimum absolute atomic E-state index is 0.513. The smallest absolute Gasteiger partial charge is 0.214 e. The highest BCUT2D eigenvalue weighted by Crippen LogP contribution is 2.36. The lowest BCUT2D eigenvalue weighted by Crippen LogP contribution is -1.90. The van der Waals surface area contributed by atoms with Gasteiger partial charge in [-0.1, -0.05) is 29.4 Å². The van der Waals surface area contributed by atoms with Gasteiger partial charge in [0.25, 0.3) is 0 Å². The number of hydrogen-bond acceptors (Lipinski definition) is 4. The van der Waals surface area contributed by atoms with Gasteiger partial charge >= 0.3 is 0 Å². The SMILES string of the molecule is OC1C=C(c2ncon2)c2ccccc21. The Hall–Kier alpha value is -1.94. The third-order valence-corrected chi connectivity index (χ3v) is 2.50. The van der Waals surface area contributed by atoms with E-state index in [2.05, 4.69) is 10.1 Å². The summed E-state index contributed by atoms with van der Waals surface area (Å²) in [7, 11) is 0. The molecule has 1 aromatic heterocycles. The summed E-state index contributed by atoms with van der Waals surface area (Å²) in [6.07, 6.45) is 2.44. The van der Waals surface area contributed by atoms with Crippen LogP contribution in [0.1, 0.15) is 23.1 Å². The second-order valence-corrected chi connectivity index (χ2v) is 3.37. The van der Waals surface area contributed by atoms with Crippen molar-refractivity contribution in [2.45, 2.75) is 6.10 Å². The van der Waals surface area contributed by atoms with E-state index in [-0.39, 0.29) is 0 Å². The van der Waals surface area contributed by atoms with Gasteiger partial charge in [0.05, 0.1) is 6.10 Å². The number of benzene rings is 1. The summed E-state index contributed by atoms with van der Waals surface area (Å²) in [5, 5.41) is 13.6. The van der Waals surface area contributed by atoms with Crippen LogP contribution >= 0.6 is 0 Å². The van der Waals surface area contributed by atoms with Gasteiger partial charge in [0.15, 0.2) is 0 Å². The summed E-state index contributed by atoms with van der Waals surface area (Å²) < 4.78 is 4.69. The molecular weight excluding hydrogens is 192 g/mol. The number of rotatable bonds is 1. The molecule has 0 saturated heterocycles. The molecule has 0 fully saturated rings. The number of aromatic nitrogens is 2. The first-order valence-electron chi connectivity index (χ1n) is 4.62. The van der Waals surface area contributed by atoms with E-state index >= 15 is 0 Å². The van der Waals surface area contributed by atoms with Crippen LogP contribution in [-0.4, -0.2) is 15.2 Å². The van der Waals surface area contributed by atoms with Gasteiger partial charge in [-0.2, -0.15) is 4.98 Å². The fraction of sp³-hybridized carbons (Fsp3) is 0.0909. The summed E-state index contributed by atoms with van der Waals surface area (Å²) in [5.41, 5.74) is 2.68. The zero-order chi connectivity index (χ0) is 10.3. The van der Waals surface area contributed by atoms with Crippen LogP contribution in [0.3, 0.4) is 0 Å². The molecule has 1 aromatic carbocycles. The van der Waals surface area contributed by atoms with Crippen LogP contribution in [0.15, 0.2) is 41.3 Å². The standard InChI is InChI=1S/C11H8N2O2/c14-10-5-9(11-12-6-15-13-11)7-3-1-2-4-8(7)10/h1-6,10,14H. The van der Waals surface area contributed by atoms with Gasteiger partial charge in [0.2, 0.25) is 12.2 Å². The van der Waals surface area contributed by atoms with E-state index in [1.165, 1.54) is 6.39 Å². The zero-order valence-electron chi connectivity index (χ0n) is 7.79. The van der Waals surface area contributed by atoms with Gasteiger partial charge in [-0.05, 0) is 17.2 Å². The molecule has 0 radical (unpaired) electrons. The van der Waals surface area contributed by atoms with Crippen molar-refractivity contribution in [3.8, 4) is 0 Å². The van der Waals surface area contributed by atoms with Crippen LogP contribution in [0, 0.1) is 0 Å². The molecule has 1 atom stereocenters. The monoisotopic (exact) mass is 200 g/mol. The molecule has 4 nitrogen and oxygen atoms in total. The molecule has 74 valence electrons. The normalized spacial score (nSPS) is 18.7. The Morgan fingerprint density at radius 3 is 2.93 bits per heavy atom. The molecule has 1 aliphatic carbocycles. The van der Waals surface area contributed by atoms with E-state index < -0.39 is 6.10 Å². The zero-order valence-corrected chi connectivity index (χ0v) is 7.79. The first-order chi connectivity index (χ1) is 7.36. The Balaban J connectivity index is 2.17. The van der Waals surface area contributed by atoms with Crippen molar-refractivity contribution >= 4 is 5.57 Å². The Bertz CT molecular complexity index is 517. The van der Waals surface area contributed by atoms with Crippen molar-refractivity contribution in [1.82, 2.24) is 10.1 Å². The van der Waals surface area contributed by atoms with Gasteiger partial charge in [-0.3, -0.25) is 0 Å². The first kappa shape index (κ1) is 8.38. The van der Waals surface area contributed by atoms with E-state index in [1.54, 1.807) is 6.08 Å². The largest absolute Gasteiger partial charge is 0.384 e. The van der Waals surface area contributed by atoms with Crippen LogP contribution in [0.2, 0.25) is 0 Å². The molecule has 4 heteroatoms. The van der Waals surface area contributed by atoms with Gasteiger partial charge in [0, 0.05) is 5.57 Å². The van der Waals surface area contributed by atoms with E-state index in [0.717, 1.165) is 16.7 Å². The maximum atomic E-state index is 9.79. The van der Waals surface area contributed by atoms with E-state index in [4.69, 9.17) is 4.52 Å². The topological polar surface area (TPSA) is 59.2 Å². The van der Waals surface area contributed by atoms with Crippen molar-refractivity contribution in [2.24, 2.45) is 0 Å². The third kappa shape index (κ3) is 1.19. The van der Waals surface area contributed by atoms with Crippen LogP contribution in [-0.2, 0) is 0 Å². The highest BCUT2D eigenvalue weighted by atomic mass is 16.5. The molecule has 1 heterocycles. The van der Waals surface area contributed by atoms with Crippen LogP contribution in [0.5, 0.6) is 0 Å². The average molecular weight is 200 g/mol. The molecule has 2 aromatic rings. The third-order valence-electron chi connectivity index (χ3n) is 2.50. The molecule has 0 saturated carbocycles. The molecule has 0 spiro atoms. The Morgan fingerprint density at radius 2 is 2.13 bits per heavy atom. The molecule has 0 aliphatic heterocycles. The molecule has 3 rings (SSSR count). The minimum atomic E-state index is -0.574. The summed E-state index contributed by atoms with van der Waals surface area (Å²) in [4.78, 5) is 3.97. The Morgan fingerprint density at radius 1 is 1.27 bits per heavy atom. The van der Waals surface area contributed by atoms with E-state index in [1.807, 2.05) is 24.3 Å². The van der Waals surface area contributed by atoms with Crippen LogP contribution in [0.4, 0.5) is 0 Å². The second kappa shape index (κ2) is 3.03. The van der Waals surface area contributed by atoms with Crippen molar-refractivity contribution in [1.29, 1.82) is 0 Å². The van der Waals surface area contributed by atoms with Gasteiger partial charge in [0.1, 0.15) is 0 Å². The average Bonchev–Trinajstić information content (AvgIpc) is 2.87. The molecule has 15 heavy (non-hydrogen) atoms. The number of aliphatic hydroxyl groups is 1. The summed E-state index contributed by atoms with van der Waals surface area (Å²) in [6.45, 7) is 0. The number of hydrogen-bond donors (Lipinski definition) is 1. The van der Waals surface area contributed by atoms with Crippen molar-refractivity contribution in [3.05, 3.63) is 53.7 Å². The van der Waals surface area contributed by atoms with Gasteiger partial charge in [-0.15, -0.1) is 0 Å². The highest BCUT2D eigenvalue weighted by molar-refractivity contribution is 5.82. The summed E-state index contributed by atoms with van der Waals surface area (Å²) in [5.74, 6) is 0.513. The first-order valence-corrected chi connectivity index (χ1v) is 4.62. The maximum absolute atomic E-state index is 9.79. The molecule has 0 amide bonds. The lowest BCUT2D eigenvalue weighted by molar-refractivity contribution is 0.232. The van der Waals surface area contributed by atoms with Gasteiger partial charge in [-0.25, -0.2) is 0 Å². The Kier molecular flexibility index (Phi) is 1.69. The lowest BCUT2D eigenvalue weighted by Gasteiger charge is -2.02. The number of aliphatic hydroxyl groups excluding tert-OH is 1. The summed E-state index contributed by atoms with van der Waals surface area (Å²) in [6, 6.07) is 7.65. The molecule has 0 bridgehead atoms. The van der Waals surface area contributed by atoms with Crippen molar-refractivity contribution < 1.29 is 9.63 Å². The van der Waals surface area contributed by atoms with E-state index in [9.17, 15) is 5.11 Å². The van der Waals surface area contributed by atoms with Gasteiger partial charge < -0.3 is 9.63 Å². The highest BCUT2D eigenvalue weighted by Gasteiger charge is 2.23. The predicted molar refractivity (Wildman–Crippen MR) is 52.8 cm³/mol. The molecule has 1 N–H and O–H groups in total. The van der Waals surface area contributed by atoms with Crippen LogP contribution < -0.4 is 0 Å². The molecular formula is C11H8N2O2. The fourth-order valence-corrected chi connectivity index (χ4v) is 1.82. The van der Waals surface area contributed by atoms with Crippen molar-refractivity contribution in [2.75, 3.05) is 0 Å². The number of fused-ring (bicyclic) bond motifs is 1. The van der Waals surface area contributed by atoms with Crippen molar-refractivity contribution in [3.63, 3.8) is 0 Å². The summed E-state index contributed by atoms with van der Waals surface area (Å²) >= 11 is 0. The molecule has 1 aliphatic rings. The van der Waals surface area contributed by atoms with E-state index in [0.29, 0.717) is 5.82 Å². The fourth-order valence-electron chi connectivity index (χ4n) is 1.82. The molecule has 1 unspecified atom stereocenters. The Labute approximate surface area is 85.9 Å². The minimum Gasteiger partial charge on any atom is -0.384 e. The van der Waals surface area contributed by atoms with Crippen LogP contribution in [0.25, 0.3) is 5.57 Å². The quantitative estimate of drug-likeness (QED) is 0.758. The maximum Gasteiger partial charge on any atom is 0.214 e. The second-order valence-electron chi connectivity index (χ2n) is 3.37. The lowest BCUT2D eigenvalue weighted by atomic mass is 10.1.